The Morgan fingerprint density at radius 3 is 2.34 bits per heavy atom. The van der Waals surface area contributed by atoms with Crippen molar-refractivity contribution in [3.8, 4) is 0 Å². The number of nitrogens with one attached hydrogen (secondary N) is 2. The van der Waals surface area contributed by atoms with Crippen LogP contribution in [-0.2, 0) is 16.6 Å². The number of halogens is 1. The molecular formula is C25H28ClN5O3S. The van der Waals surface area contributed by atoms with Crippen molar-refractivity contribution in [1.82, 2.24) is 19.5 Å². The van der Waals surface area contributed by atoms with Gasteiger partial charge < -0.3 is 10.6 Å². The smallest absolute Gasteiger partial charge is 0.319 e. The molecule has 0 radical (unpaired) electrons. The number of aromatic nitrogens is 1. The lowest BCUT2D eigenvalue weighted by molar-refractivity contribution is 0.146. The normalized spacial score (nSPS) is 15.9. The highest BCUT2D eigenvalue weighted by Crippen LogP contribution is 2.25. The zero-order valence-electron chi connectivity index (χ0n) is 19.4. The van der Waals surface area contributed by atoms with Gasteiger partial charge >= 0.3 is 6.03 Å². The molecule has 0 bridgehead atoms. The fourth-order valence-electron chi connectivity index (χ4n) is 4.00. The van der Waals surface area contributed by atoms with E-state index < -0.39 is 10.0 Å². The summed E-state index contributed by atoms with van der Waals surface area (Å²) in [6.45, 7) is 4.56. The lowest BCUT2D eigenvalue weighted by Gasteiger charge is -2.37. The van der Waals surface area contributed by atoms with Gasteiger partial charge in [-0.25, -0.2) is 13.2 Å². The molecule has 2 amide bonds. The van der Waals surface area contributed by atoms with Gasteiger partial charge in [-0.1, -0.05) is 29.8 Å². The summed E-state index contributed by atoms with van der Waals surface area (Å²) < 4.78 is 27.8. The molecule has 10 heteroatoms. The van der Waals surface area contributed by atoms with Crippen LogP contribution in [0.1, 0.15) is 24.1 Å². The Hall–Kier alpha value is -2.98. The van der Waals surface area contributed by atoms with E-state index in [1.807, 2.05) is 30.3 Å². The number of urea groups is 1. The number of anilines is 1. The van der Waals surface area contributed by atoms with Gasteiger partial charge in [-0.05, 0) is 60.5 Å². The maximum absolute atomic E-state index is 13.2. The molecule has 1 aliphatic heterocycles. The third kappa shape index (κ3) is 6.37. The standard InChI is InChI=1S/C25H28ClN5O3S/c1-19(21-4-6-22(26)7-5-21)30-13-15-31(16-14-30)35(33,34)24-10-8-23(9-11-24)29-25(32)28-18-20-3-2-12-27-17-20/h2-12,17,19H,13-16,18H2,1H3,(H2,28,29,32). The van der Waals surface area contributed by atoms with Gasteiger partial charge in [0.05, 0.1) is 4.90 Å². The van der Waals surface area contributed by atoms with Crippen molar-refractivity contribution in [2.75, 3.05) is 31.5 Å². The quantitative estimate of drug-likeness (QED) is 0.495. The minimum absolute atomic E-state index is 0.173. The van der Waals surface area contributed by atoms with E-state index in [-0.39, 0.29) is 17.0 Å². The molecule has 1 unspecified atom stereocenters. The average molecular weight is 514 g/mol. The van der Waals surface area contributed by atoms with E-state index in [9.17, 15) is 13.2 Å². The second-order valence-electron chi connectivity index (χ2n) is 8.36. The molecule has 3 aromatic rings. The van der Waals surface area contributed by atoms with Crippen LogP contribution in [0.5, 0.6) is 0 Å². The average Bonchev–Trinajstić information content (AvgIpc) is 2.88. The number of amides is 2. The van der Waals surface area contributed by atoms with Gasteiger partial charge in [-0.2, -0.15) is 4.31 Å². The van der Waals surface area contributed by atoms with E-state index >= 15 is 0 Å². The summed E-state index contributed by atoms with van der Waals surface area (Å²) in [5.74, 6) is 0. The van der Waals surface area contributed by atoms with Crippen molar-refractivity contribution in [2.45, 2.75) is 24.4 Å². The molecule has 2 N–H and O–H groups in total. The van der Waals surface area contributed by atoms with Gasteiger partial charge in [0.1, 0.15) is 0 Å². The highest BCUT2D eigenvalue weighted by Gasteiger charge is 2.30. The van der Waals surface area contributed by atoms with Gasteiger partial charge in [-0.3, -0.25) is 9.88 Å². The number of rotatable bonds is 7. The number of carbonyl (C=O) groups excluding carboxylic acids is 1. The molecule has 1 aromatic heterocycles. The largest absolute Gasteiger partial charge is 0.334 e. The van der Waals surface area contributed by atoms with Crippen LogP contribution in [0.25, 0.3) is 0 Å². The van der Waals surface area contributed by atoms with E-state index in [2.05, 4.69) is 27.4 Å². The van der Waals surface area contributed by atoms with Crippen molar-refractivity contribution in [3.05, 3.63) is 89.2 Å². The zero-order valence-corrected chi connectivity index (χ0v) is 21.0. The molecule has 0 spiro atoms. The van der Waals surface area contributed by atoms with Gasteiger partial charge in [0.2, 0.25) is 10.0 Å². The molecule has 1 saturated heterocycles. The summed E-state index contributed by atoms with van der Waals surface area (Å²) in [5, 5.41) is 6.16. The molecule has 4 rings (SSSR count). The highest BCUT2D eigenvalue weighted by molar-refractivity contribution is 7.89. The van der Waals surface area contributed by atoms with Crippen LogP contribution in [-0.4, -0.2) is 54.8 Å². The van der Waals surface area contributed by atoms with E-state index in [1.54, 1.807) is 30.6 Å². The van der Waals surface area contributed by atoms with Crippen molar-refractivity contribution in [3.63, 3.8) is 0 Å². The maximum Gasteiger partial charge on any atom is 0.319 e. The van der Waals surface area contributed by atoms with Crippen molar-refractivity contribution in [1.29, 1.82) is 0 Å². The van der Waals surface area contributed by atoms with Gasteiger partial charge in [0.15, 0.2) is 0 Å². The monoisotopic (exact) mass is 513 g/mol. The number of nitrogens with zero attached hydrogens (tertiary/aromatic N) is 3. The topological polar surface area (TPSA) is 94.6 Å². The lowest BCUT2D eigenvalue weighted by atomic mass is 10.1. The Labute approximate surface area is 211 Å². The number of benzene rings is 2. The number of pyridine rings is 1. The van der Waals surface area contributed by atoms with Crippen LogP contribution in [0.4, 0.5) is 10.5 Å². The molecule has 8 nitrogen and oxygen atoms in total. The lowest BCUT2D eigenvalue weighted by Crippen LogP contribution is -2.49. The van der Waals surface area contributed by atoms with Crippen LogP contribution in [0, 0.1) is 0 Å². The van der Waals surface area contributed by atoms with Gasteiger partial charge in [0.25, 0.3) is 0 Å². The fourth-order valence-corrected chi connectivity index (χ4v) is 5.55. The second-order valence-corrected chi connectivity index (χ2v) is 10.7. The summed E-state index contributed by atoms with van der Waals surface area (Å²) in [6.07, 6.45) is 3.35. The molecule has 1 aliphatic rings. The van der Waals surface area contributed by atoms with Gasteiger partial charge in [-0.15, -0.1) is 0 Å². The molecule has 0 saturated carbocycles. The molecule has 2 aromatic carbocycles. The van der Waals surface area contributed by atoms with Crippen molar-refractivity contribution >= 4 is 33.3 Å². The fraction of sp³-hybridized carbons (Fsp3) is 0.280. The first-order valence-electron chi connectivity index (χ1n) is 11.4. The molecule has 35 heavy (non-hydrogen) atoms. The maximum atomic E-state index is 13.2. The molecule has 0 aliphatic carbocycles. The third-order valence-electron chi connectivity index (χ3n) is 6.10. The van der Waals surface area contributed by atoms with E-state index in [4.69, 9.17) is 11.6 Å². The predicted molar refractivity (Wildman–Crippen MR) is 137 cm³/mol. The van der Waals surface area contributed by atoms with Crippen molar-refractivity contribution in [2.24, 2.45) is 0 Å². The Bertz CT molecular complexity index is 1230. The minimum atomic E-state index is -3.62. The molecule has 1 atom stereocenters. The number of sulfonamides is 1. The molecule has 184 valence electrons. The first-order chi connectivity index (χ1) is 16.8. The first-order valence-corrected chi connectivity index (χ1v) is 13.2. The summed E-state index contributed by atoms with van der Waals surface area (Å²) >= 11 is 5.99. The number of hydrogen-bond acceptors (Lipinski definition) is 5. The Balaban J connectivity index is 1.31. The Morgan fingerprint density at radius 2 is 1.71 bits per heavy atom. The zero-order chi connectivity index (χ0) is 24.8. The van der Waals surface area contributed by atoms with Crippen LogP contribution in [0.15, 0.2) is 78.0 Å². The second kappa shape index (κ2) is 11.2. The number of carbonyl (C=O) groups is 1. The highest BCUT2D eigenvalue weighted by atomic mass is 35.5. The SMILES string of the molecule is CC(c1ccc(Cl)cc1)N1CCN(S(=O)(=O)c2ccc(NC(=O)NCc3cccnc3)cc2)CC1. The van der Waals surface area contributed by atoms with E-state index in [0.29, 0.717) is 43.4 Å². The predicted octanol–water partition coefficient (Wildman–Crippen LogP) is 4.12. The number of hydrogen-bond donors (Lipinski definition) is 2. The Morgan fingerprint density at radius 1 is 1.03 bits per heavy atom. The van der Waals surface area contributed by atoms with E-state index in [0.717, 1.165) is 11.1 Å². The van der Waals surface area contributed by atoms with Gasteiger partial charge in [0, 0.05) is 61.9 Å². The molecule has 1 fully saturated rings. The van der Waals surface area contributed by atoms with E-state index in [1.165, 1.54) is 16.4 Å². The minimum Gasteiger partial charge on any atom is -0.334 e. The summed E-state index contributed by atoms with van der Waals surface area (Å²) in [6, 6.07) is 17.4. The van der Waals surface area contributed by atoms with Crippen LogP contribution in [0.2, 0.25) is 5.02 Å². The van der Waals surface area contributed by atoms with Crippen LogP contribution < -0.4 is 10.6 Å². The number of piperazine rings is 1. The molecular weight excluding hydrogens is 486 g/mol. The summed E-state index contributed by atoms with van der Waals surface area (Å²) in [5.41, 5.74) is 2.54. The summed E-state index contributed by atoms with van der Waals surface area (Å²) in [4.78, 5) is 18.6. The van der Waals surface area contributed by atoms with Crippen LogP contribution in [0.3, 0.4) is 0 Å². The Kier molecular flexibility index (Phi) is 8.02. The van der Waals surface area contributed by atoms with Crippen molar-refractivity contribution < 1.29 is 13.2 Å². The summed E-state index contributed by atoms with van der Waals surface area (Å²) in [7, 11) is -3.62. The first kappa shape index (κ1) is 25.1. The third-order valence-corrected chi connectivity index (χ3v) is 8.26. The molecule has 2 heterocycles. The van der Waals surface area contributed by atoms with Crippen LogP contribution >= 0.6 is 11.6 Å².